The lowest BCUT2D eigenvalue weighted by Crippen LogP contribution is -2.26. The summed E-state index contributed by atoms with van der Waals surface area (Å²) in [5.41, 5.74) is 0.112. The first-order chi connectivity index (χ1) is 6.91. The summed E-state index contributed by atoms with van der Waals surface area (Å²) in [6.07, 6.45) is -6.79. The standard InChI is InChI=1S/C9H8F3NO2/c10-9(11,12)8(15)13-5-6-3-1-2-4-7(6)14/h1-5,8,14-15H/b13-5+/t8-/m0/s1. The molecular weight excluding hydrogens is 211 g/mol. The van der Waals surface area contributed by atoms with Crippen LogP contribution in [0.1, 0.15) is 5.56 Å². The summed E-state index contributed by atoms with van der Waals surface area (Å²) in [4.78, 5) is 2.87. The van der Waals surface area contributed by atoms with Crippen molar-refractivity contribution >= 4 is 6.21 Å². The number of phenols is 1. The lowest BCUT2D eigenvalue weighted by Gasteiger charge is -2.09. The Bertz CT molecular complexity index is 363. The molecule has 6 heteroatoms. The van der Waals surface area contributed by atoms with Crippen molar-refractivity contribution in [1.82, 2.24) is 0 Å². The van der Waals surface area contributed by atoms with Gasteiger partial charge in [0.25, 0.3) is 0 Å². The van der Waals surface area contributed by atoms with Gasteiger partial charge in [-0.3, -0.25) is 4.99 Å². The first kappa shape index (κ1) is 11.5. The van der Waals surface area contributed by atoms with Crippen molar-refractivity contribution in [1.29, 1.82) is 0 Å². The lowest BCUT2D eigenvalue weighted by atomic mass is 10.2. The van der Waals surface area contributed by atoms with Crippen LogP contribution < -0.4 is 0 Å². The number of phenolic OH excluding ortho intramolecular Hbond substituents is 1. The molecule has 1 rings (SSSR count). The van der Waals surface area contributed by atoms with E-state index in [1.54, 1.807) is 0 Å². The zero-order valence-corrected chi connectivity index (χ0v) is 7.44. The molecule has 0 heterocycles. The van der Waals surface area contributed by atoms with Gasteiger partial charge in [-0.15, -0.1) is 0 Å². The van der Waals surface area contributed by atoms with E-state index in [4.69, 9.17) is 5.11 Å². The molecule has 0 aliphatic heterocycles. The van der Waals surface area contributed by atoms with E-state index in [9.17, 15) is 18.3 Å². The fourth-order valence-corrected chi connectivity index (χ4v) is 0.832. The van der Waals surface area contributed by atoms with Crippen LogP contribution in [0, 0.1) is 0 Å². The highest BCUT2D eigenvalue weighted by molar-refractivity contribution is 5.83. The third-order valence-electron chi connectivity index (χ3n) is 1.58. The molecule has 0 unspecified atom stereocenters. The molecule has 0 radical (unpaired) electrons. The Hall–Kier alpha value is -1.56. The number of rotatable bonds is 2. The van der Waals surface area contributed by atoms with Gasteiger partial charge in [-0.05, 0) is 12.1 Å². The number of aliphatic hydroxyl groups is 1. The summed E-state index contributed by atoms with van der Waals surface area (Å²) in [5.74, 6) is -0.198. The molecule has 0 aliphatic carbocycles. The monoisotopic (exact) mass is 219 g/mol. The molecule has 0 saturated carbocycles. The van der Waals surface area contributed by atoms with Crippen LogP contribution >= 0.6 is 0 Å². The number of alkyl halides is 3. The average molecular weight is 219 g/mol. The number of aliphatic imine (C=N–C) groups is 1. The van der Waals surface area contributed by atoms with Gasteiger partial charge in [0.2, 0.25) is 6.23 Å². The Morgan fingerprint density at radius 1 is 1.27 bits per heavy atom. The minimum Gasteiger partial charge on any atom is -0.507 e. The van der Waals surface area contributed by atoms with Crippen LogP contribution in [0.25, 0.3) is 0 Å². The van der Waals surface area contributed by atoms with E-state index in [1.165, 1.54) is 24.3 Å². The minimum atomic E-state index is -4.79. The number of aliphatic hydroxyl groups excluding tert-OH is 1. The molecule has 1 atom stereocenters. The zero-order valence-electron chi connectivity index (χ0n) is 7.44. The van der Waals surface area contributed by atoms with Gasteiger partial charge in [0.1, 0.15) is 5.75 Å². The van der Waals surface area contributed by atoms with Crippen molar-refractivity contribution in [2.75, 3.05) is 0 Å². The molecule has 0 bridgehead atoms. The summed E-state index contributed by atoms with van der Waals surface area (Å²) in [5, 5.41) is 17.7. The van der Waals surface area contributed by atoms with Crippen LogP contribution in [0.15, 0.2) is 29.3 Å². The summed E-state index contributed by atoms with van der Waals surface area (Å²) in [6.45, 7) is 0. The largest absolute Gasteiger partial charge is 0.507 e. The summed E-state index contributed by atoms with van der Waals surface area (Å²) in [6, 6.07) is 5.73. The molecule has 82 valence electrons. The SMILES string of the molecule is Oc1ccccc1/C=N/[C@@H](O)C(F)(F)F. The van der Waals surface area contributed by atoms with E-state index in [2.05, 4.69) is 4.99 Å². The maximum Gasteiger partial charge on any atom is 0.435 e. The molecule has 0 spiro atoms. The Morgan fingerprint density at radius 2 is 1.87 bits per heavy atom. The van der Waals surface area contributed by atoms with E-state index in [1.807, 2.05) is 0 Å². The van der Waals surface area contributed by atoms with E-state index >= 15 is 0 Å². The quantitative estimate of drug-likeness (QED) is 0.743. The maximum absolute atomic E-state index is 11.8. The molecule has 0 fully saturated rings. The molecular formula is C9H8F3NO2. The van der Waals surface area contributed by atoms with Crippen LogP contribution in [0.4, 0.5) is 13.2 Å². The van der Waals surface area contributed by atoms with E-state index in [-0.39, 0.29) is 11.3 Å². The first-order valence-corrected chi connectivity index (χ1v) is 3.97. The highest BCUT2D eigenvalue weighted by atomic mass is 19.4. The second-order valence-electron chi connectivity index (χ2n) is 2.75. The second kappa shape index (κ2) is 4.31. The van der Waals surface area contributed by atoms with Crippen molar-refractivity contribution in [3.8, 4) is 5.75 Å². The van der Waals surface area contributed by atoms with E-state index < -0.39 is 12.4 Å². The third kappa shape index (κ3) is 3.25. The van der Waals surface area contributed by atoms with Gasteiger partial charge in [0.15, 0.2) is 0 Å². The van der Waals surface area contributed by atoms with Gasteiger partial charge in [-0.2, -0.15) is 13.2 Å². The number of benzene rings is 1. The summed E-state index contributed by atoms with van der Waals surface area (Å²) < 4.78 is 35.5. The topological polar surface area (TPSA) is 52.8 Å². The summed E-state index contributed by atoms with van der Waals surface area (Å²) >= 11 is 0. The molecule has 1 aromatic rings. The van der Waals surface area contributed by atoms with Crippen molar-refractivity contribution in [2.24, 2.45) is 4.99 Å². The molecule has 0 aromatic heterocycles. The highest BCUT2D eigenvalue weighted by Gasteiger charge is 2.37. The van der Waals surface area contributed by atoms with Crippen LogP contribution in [0.5, 0.6) is 5.75 Å². The molecule has 15 heavy (non-hydrogen) atoms. The lowest BCUT2D eigenvalue weighted by molar-refractivity contribution is -0.200. The number of hydrogen-bond donors (Lipinski definition) is 2. The predicted molar refractivity (Wildman–Crippen MR) is 47.8 cm³/mol. The Morgan fingerprint density at radius 3 is 2.40 bits per heavy atom. The van der Waals surface area contributed by atoms with E-state index in [0.717, 1.165) is 6.21 Å². The first-order valence-electron chi connectivity index (χ1n) is 3.97. The molecule has 1 aromatic carbocycles. The molecule has 0 amide bonds. The van der Waals surface area contributed by atoms with Crippen LogP contribution in [0.2, 0.25) is 0 Å². The van der Waals surface area contributed by atoms with Gasteiger partial charge in [0.05, 0.1) is 0 Å². The number of nitrogens with zero attached hydrogens (tertiary/aromatic N) is 1. The number of aromatic hydroxyl groups is 1. The smallest absolute Gasteiger partial charge is 0.435 e. The van der Waals surface area contributed by atoms with Gasteiger partial charge in [-0.1, -0.05) is 12.1 Å². The van der Waals surface area contributed by atoms with Crippen molar-refractivity contribution in [3.63, 3.8) is 0 Å². The Labute approximate surface area is 83.5 Å². The van der Waals surface area contributed by atoms with Crippen LogP contribution in [-0.4, -0.2) is 28.8 Å². The number of halogens is 3. The number of para-hydroxylation sites is 1. The predicted octanol–water partition coefficient (Wildman–Crippen LogP) is 1.69. The molecule has 0 saturated heterocycles. The maximum atomic E-state index is 11.8. The van der Waals surface area contributed by atoms with Gasteiger partial charge in [-0.25, -0.2) is 0 Å². The van der Waals surface area contributed by atoms with Crippen LogP contribution in [0.3, 0.4) is 0 Å². The second-order valence-corrected chi connectivity index (χ2v) is 2.75. The van der Waals surface area contributed by atoms with Gasteiger partial charge < -0.3 is 10.2 Å². The highest BCUT2D eigenvalue weighted by Crippen LogP contribution is 2.21. The van der Waals surface area contributed by atoms with Crippen molar-refractivity contribution in [3.05, 3.63) is 29.8 Å². The van der Waals surface area contributed by atoms with E-state index in [0.29, 0.717) is 0 Å². The van der Waals surface area contributed by atoms with Crippen LogP contribution in [-0.2, 0) is 0 Å². The normalized spacial score (nSPS) is 14.4. The zero-order chi connectivity index (χ0) is 11.5. The Kier molecular flexibility index (Phi) is 3.31. The van der Waals surface area contributed by atoms with Gasteiger partial charge >= 0.3 is 6.18 Å². The molecule has 3 nitrogen and oxygen atoms in total. The van der Waals surface area contributed by atoms with Crippen molar-refractivity contribution < 1.29 is 23.4 Å². The fourth-order valence-electron chi connectivity index (χ4n) is 0.832. The molecule has 2 N–H and O–H groups in total. The fraction of sp³-hybridized carbons (Fsp3) is 0.222. The third-order valence-corrected chi connectivity index (χ3v) is 1.58. The summed E-state index contributed by atoms with van der Waals surface area (Å²) in [7, 11) is 0. The Balaban J connectivity index is 2.79. The van der Waals surface area contributed by atoms with Gasteiger partial charge in [0, 0.05) is 11.8 Å². The minimum absolute atomic E-state index is 0.112. The average Bonchev–Trinajstić information content (AvgIpc) is 2.14. The number of hydrogen-bond acceptors (Lipinski definition) is 3. The van der Waals surface area contributed by atoms with Crippen molar-refractivity contribution in [2.45, 2.75) is 12.4 Å². The molecule has 0 aliphatic rings.